The third-order valence-corrected chi connectivity index (χ3v) is 4.29. The molecule has 0 fully saturated rings. The van der Waals surface area contributed by atoms with Gasteiger partial charge in [-0.2, -0.15) is 0 Å². The van der Waals surface area contributed by atoms with E-state index in [4.69, 9.17) is 4.42 Å². The SMILES string of the molecule is Cc1ccccc1NC(=O)c1ccc2c(c1)C(=Cc1ccco1)C(=O)N2. The Kier molecular flexibility index (Phi) is 3.89. The highest BCUT2D eigenvalue weighted by Crippen LogP contribution is 2.34. The van der Waals surface area contributed by atoms with Gasteiger partial charge in [-0.15, -0.1) is 0 Å². The number of rotatable bonds is 3. The number of anilines is 2. The highest BCUT2D eigenvalue weighted by molar-refractivity contribution is 6.35. The minimum absolute atomic E-state index is 0.215. The van der Waals surface area contributed by atoms with Crippen LogP contribution in [0.25, 0.3) is 11.6 Å². The van der Waals surface area contributed by atoms with Crippen LogP contribution < -0.4 is 10.6 Å². The van der Waals surface area contributed by atoms with Gasteiger partial charge in [-0.25, -0.2) is 0 Å². The number of para-hydroxylation sites is 1. The minimum atomic E-state index is -0.223. The first-order chi connectivity index (χ1) is 12.6. The summed E-state index contributed by atoms with van der Waals surface area (Å²) in [6.07, 6.45) is 3.22. The fourth-order valence-electron chi connectivity index (χ4n) is 2.90. The summed E-state index contributed by atoms with van der Waals surface area (Å²) in [5.41, 5.74) is 4.06. The lowest BCUT2D eigenvalue weighted by atomic mass is 10.0. The molecule has 1 aliphatic heterocycles. The van der Waals surface area contributed by atoms with Gasteiger partial charge in [0.2, 0.25) is 0 Å². The first-order valence-electron chi connectivity index (χ1n) is 8.20. The molecule has 0 saturated heterocycles. The largest absolute Gasteiger partial charge is 0.465 e. The first-order valence-corrected chi connectivity index (χ1v) is 8.20. The van der Waals surface area contributed by atoms with Crippen LogP contribution in [0, 0.1) is 6.92 Å². The van der Waals surface area contributed by atoms with Crippen LogP contribution in [0.4, 0.5) is 11.4 Å². The Hall–Kier alpha value is -3.60. The number of hydrogen-bond acceptors (Lipinski definition) is 3. The van der Waals surface area contributed by atoms with Crippen molar-refractivity contribution in [3.8, 4) is 0 Å². The average molecular weight is 344 g/mol. The van der Waals surface area contributed by atoms with Crippen molar-refractivity contribution in [3.05, 3.63) is 83.3 Å². The van der Waals surface area contributed by atoms with E-state index >= 15 is 0 Å². The highest BCUT2D eigenvalue weighted by Gasteiger charge is 2.25. The average Bonchev–Trinajstić information content (AvgIpc) is 3.25. The molecular formula is C21H16N2O3. The number of fused-ring (bicyclic) bond motifs is 1. The number of benzene rings is 2. The van der Waals surface area contributed by atoms with Gasteiger partial charge in [0, 0.05) is 22.5 Å². The zero-order chi connectivity index (χ0) is 18.1. The fraction of sp³-hybridized carbons (Fsp3) is 0.0476. The second-order valence-corrected chi connectivity index (χ2v) is 6.06. The molecule has 128 valence electrons. The lowest BCUT2D eigenvalue weighted by Gasteiger charge is -2.09. The molecular weight excluding hydrogens is 328 g/mol. The smallest absolute Gasteiger partial charge is 0.256 e. The summed E-state index contributed by atoms with van der Waals surface area (Å²) in [5, 5.41) is 5.71. The van der Waals surface area contributed by atoms with E-state index in [0.717, 1.165) is 11.3 Å². The van der Waals surface area contributed by atoms with Gasteiger partial charge in [0.05, 0.1) is 11.8 Å². The molecule has 5 heteroatoms. The number of carbonyl (C=O) groups excluding carboxylic acids is 2. The fourth-order valence-corrected chi connectivity index (χ4v) is 2.90. The summed E-state index contributed by atoms with van der Waals surface area (Å²) in [4.78, 5) is 24.9. The Morgan fingerprint density at radius 2 is 1.96 bits per heavy atom. The number of hydrogen-bond donors (Lipinski definition) is 2. The van der Waals surface area contributed by atoms with Crippen LogP contribution in [0.15, 0.2) is 65.3 Å². The van der Waals surface area contributed by atoms with Gasteiger partial charge in [-0.1, -0.05) is 18.2 Å². The number of furan rings is 1. The summed E-state index contributed by atoms with van der Waals surface area (Å²) >= 11 is 0. The molecule has 2 aromatic carbocycles. The molecule has 2 amide bonds. The number of carbonyl (C=O) groups is 2. The van der Waals surface area contributed by atoms with Gasteiger partial charge in [0.15, 0.2) is 0 Å². The van der Waals surface area contributed by atoms with Crippen molar-refractivity contribution >= 4 is 34.8 Å². The highest BCUT2D eigenvalue weighted by atomic mass is 16.3. The Bertz CT molecular complexity index is 1030. The van der Waals surface area contributed by atoms with Crippen molar-refractivity contribution in [2.24, 2.45) is 0 Å². The summed E-state index contributed by atoms with van der Waals surface area (Å²) in [5.74, 6) is 0.143. The molecule has 0 aliphatic carbocycles. The maximum atomic E-state index is 12.6. The van der Waals surface area contributed by atoms with Gasteiger partial charge in [0.1, 0.15) is 5.76 Å². The van der Waals surface area contributed by atoms with Crippen molar-refractivity contribution in [1.82, 2.24) is 0 Å². The van der Waals surface area contributed by atoms with Gasteiger partial charge >= 0.3 is 0 Å². The molecule has 2 heterocycles. The normalized spacial score (nSPS) is 14.2. The monoisotopic (exact) mass is 344 g/mol. The van der Waals surface area contributed by atoms with E-state index in [1.807, 2.05) is 31.2 Å². The van der Waals surface area contributed by atoms with Crippen molar-refractivity contribution in [1.29, 1.82) is 0 Å². The Labute approximate surface area is 150 Å². The van der Waals surface area contributed by atoms with Crippen molar-refractivity contribution in [2.45, 2.75) is 6.92 Å². The van der Waals surface area contributed by atoms with Crippen LogP contribution in [0.1, 0.15) is 27.2 Å². The van der Waals surface area contributed by atoms with E-state index in [0.29, 0.717) is 28.1 Å². The molecule has 0 spiro atoms. The summed E-state index contributed by atoms with van der Waals surface area (Å²) < 4.78 is 5.29. The Balaban J connectivity index is 1.67. The Morgan fingerprint density at radius 3 is 2.73 bits per heavy atom. The van der Waals surface area contributed by atoms with E-state index in [1.54, 1.807) is 42.7 Å². The number of nitrogens with one attached hydrogen (secondary N) is 2. The molecule has 0 radical (unpaired) electrons. The minimum Gasteiger partial charge on any atom is -0.465 e. The molecule has 5 nitrogen and oxygen atoms in total. The third kappa shape index (κ3) is 2.91. The molecule has 2 N–H and O–H groups in total. The summed E-state index contributed by atoms with van der Waals surface area (Å²) in [7, 11) is 0. The van der Waals surface area contributed by atoms with E-state index in [9.17, 15) is 9.59 Å². The molecule has 26 heavy (non-hydrogen) atoms. The molecule has 3 aromatic rings. The van der Waals surface area contributed by atoms with Crippen molar-refractivity contribution in [2.75, 3.05) is 10.6 Å². The molecule has 0 atom stereocenters. The molecule has 1 aliphatic rings. The van der Waals surface area contributed by atoms with Crippen LogP contribution in [-0.4, -0.2) is 11.8 Å². The zero-order valence-electron chi connectivity index (χ0n) is 14.1. The van der Waals surface area contributed by atoms with Gasteiger partial charge < -0.3 is 15.1 Å². The number of amides is 2. The quantitative estimate of drug-likeness (QED) is 0.695. The molecule has 4 rings (SSSR count). The number of aryl methyl sites for hydroxylation is 1. The second-order valence-electron chi connectivity index (χ2n) is 6.06. The maximum Gasteiger partial charge on any atom is 0.256 e. The summed E-state index contributed by atoms with van der Waals surface area (Å²) in [6, 6.07) is 16.3. The van der Waals surface area contributed by atoms with Gasteiger partial charge in [0.25, 0.3) is 11.8 Å². The first kappa shape index (κ1) is 15.9. The zero-order valence-corrected chi connectivity index (χ0v) is 14.1. The molecule has 1 aromatic heterocycles. The predicted octanol–water partition coefficient (Wildman–Crippen LogP) is 4.33. The third-order valence-electron chi connectivity index (χ3n) is 4.29. The lowest BCUT2D eigenvalue weighted by Crippen LogP contribution is -2.12. The van der Waals surface area contributed by atoms with E-state index in [-0.39, 0.29) is 11.8 Å². The topological polar surface area (TPSA) is 71.3 Å². The van der Waals surface area contributed by atoms with Crippen LogP contribution in [0.2, 0.25) is 0 Å². The van der Waals surface area contributed by atoms with Gasteiger partial charge in [-0.05, 0) is 55.0 Å². The molecule has 0 bridgehead atoms. The second kappa shape index (κ2) is 6.37. The standard InChI is InChI=1S/C21H16N2O3/c1-13-5-2-3-7-18(13)22-20(24)14-8-9-19-16(11-14)17(21(25)23-19)12-15-6-4-10-26-15/h2-12H,1H3,(H,22,24)(H,23,25). The van der Waals surface area contributed by atoms with Gasteiger partial charge in [-0.3, -0.25) is 9.59 Å². The van der Waals surface area contributed by atoms with Crippen LogP contribution in [-0.2, 0) is 4.79 Å². The van der Waals surface area contributed by atoms with Crippen LogP contribution in [0.3, 0.4) is 0 Å². The predicted molar refractivity (Wildman–Crippen MR) is 101 cm³/mol. The summed E-state index contributed by atoms with van der Waals surface area (Å²) in [6.45, 7) is 1.94. The van der Waals surface area contributed by atoms with E-state index < -0.39 is 0 Å². The van der Waals surface area contributed by atoms with E-state index in [2.05, 4.69) is 10.6 Å². The Morgan fingerprint density at radius 1 is 1.12 bits per heavy atom. The van der Waals surface area contributed by atoms with Crippen molar-refractivity contribution in [3.63, 3.8) is 0 Å². The molecule has 0 saturated carbocycles. The molecule has 0 unspecified atom stereocenters. The van der Waals surface area contributed by atoms with Crippen molar-refractivity contribution < 1.29 is 14.0 Å². The van der Waals surface area contributed by atoms with Crippen LogP contribution >= 0.6 is 0 Å². The van der Waals surface area contributed by atoms with E-state index in [1.165, 1.54) is 0 Å². The van der Waals surface area contributed by atoms with Crippen LogP contribution in [0.5, 0.6) is 0 Å². The maximum absolute atomic E-state index is 12.6. The lowest BCUT2D eigenvalue weighted by molar-refractivity contribution is -0.110.